The lowest BCUT2D eigenvalue weighted by molar-refractivity contribution is -0.126. The summed E-state index contributed by atoms with van der Waals surface area (Å²) in [5, 5.41) is 5.34. The summed E-state index contributed by atoms with van der Waals surface area (Å²) < 4.78 is 5.52. The third kappa shape index (κ3) is 6.79. The van der Waals surface area contributed by atoms with Crippen LogP contribution in [-0.4, -0.2) is 31.0 Å². The number of hydrogen-bond acceptors (Lipinski definition) is 3. The average Bonchev–Trinajstić information content (AvgIpc) is 2.44. The Morgan fingerprint density at radius 1 is 1.19 bits per heavy atom. The molecule has 0 radical (unpaired) electrons. The van der Waals surface area contributed by atoms with Crippen LogP contribution in [0.4, 0.5) is 0 Å². The highest BCUT2D eigenvalue weighted by Crippen LogP contribution is 2.19. The number of rotatable bonds is 8. The zero-order chi connectivity index (χ0) is 15.7. The summed E-state index contributed by atoms with van der Waals surface area (Å²) in [5.74, 6) is 0.499. The van der Waals surface area contributed by atoms with E-state index in [-0.39, 0.29) is 24.4 Å². The minimum Gasteiger partial charge on any atom is -0.494 e. The fraction of sp³-hybridized carbons (Fsp3) is 0.500. The SMILES string of the molecule is CCOc1ccccc1CCC(=O)NCC(=O)NC(C)C. The first-order valence-corrected chi connectivity index (χ1v) is 7.29. The van der Waals surface area contributed by atoms with Crippen molar-refractivity contribution in [3.8, 4) is 5.75 Å². The molecule has 5 nitrogen and oxygen atoms in total. The van der Waals surface area contributed by atoms with Gasteiger partial charge in [-0.1, -0.05) is 18.2 Å². The van der Waals surface area contributed by atoms with E-state index < -0.39 is 0 Å². The van der Waals surface area contributed by atoms with E-state index >= 15 is 0 Å². The molecule has 0 aliphatic carbocycles. The minimum absolute atomic E-state index is 0.0180. The first kappa shape index (κ1) is 17.0. The summed E-state index contributed by atoms with van der Waals surface area (Å²) in [4.78, 5) is 23.2. The highest BCUT2D eigenvalue weighted by molar-refractivity contribution is 5.84. The third-order valence-electron chi connectivity index (χ3n) is 2.79. The van der Waals surface area contributed by atoms with E-state index in [2.05, 4.69) is 10.6 Å². The van der Waals surface area contributed by atoms with Gasteiger partial charge in [-0.15, -0.1) is 0 Å². The number of para-hydroxylation sites is 1. The quantitative estimate of drug-likeness (QED) is 0.765. The van der Waals surface area contributed by atoms with Gasteiger partial charge in [0.15, 0.2) is 0 Å². The van der Waals surface area contributed by atoms with Crippen molar-refractivity contribution in [3.05, 3.63) is 29.8 Å². The first-order chi connectivity index (χ1) is 10.0. The summed E-state index contributed by atoms with van der Waals surface area (Å²) in [5.41, 5.74) is 1.00. The monoisotopic (exact) mass is 292 g/mol. The predicted molar refractivity (Wildman–Crippen MR) is 82.2 cm³/mol. The molecule has 21 heavy (non-hydrogen) atoms. The second kappa shape index (κ2) is 9.00. The zero-order valence-corrected chi connectivity index (χ0v) is 12.9. The number of carbonyl (C=O) groups excluding carboxylic acids is 2. The van der Waals surface area contributed by atoms with Crippen molar-refractivity contribution in [3.63, 3.8) is 0 Å². The molecule has 0 fully saturated rings. The van der Waals surface area contributed by atoms with E-state index in [0.29, 0.717) is 19.4 Å². The molecule has 0 heterocycles. The molecular formula is C16H24N2O3. The molecule has 0 aliphatic rings. The molecule has 116 valence electrons. The van der Waals surface area contributed by atoms with Crippen LogP contribution in [0, 0.1) is 0 Å². The van der Waals surface area contributed by atoms with Crippen LogP contribution in [0.2, 0.25) is 0 Å². The second-order valence-corrected chi connectivity index (χ2v) is 5.04. The van der Waals surface area contributed by atoms with Crippen molar-refractivity contribution >= 4 is 11.8 Å². The number of amides is 2. The Morgan fingerprint density at radius 2 is 1.90 bits per heavy atom. The van der Waals surface area contributed by atoms with Gasteiger partial charge in [-0.05, 0) is 38.8 Å². The normalized spacial score (nSPS) is 10.3. The lowest BCUT2D eigenvalue weighted by atomic mass is 10.1. The summed E-state index contributed by atoms with van der Waals surface area (Å²) in [6, 6.07) is 7.75. The Bertz CT molecular complexity index is 472. The van der Waals surface area contributed by atoms with E-state index in [1.165, 1.54) is 0 Å². The molecule has 0 aliphatic heterocycles. The van der Waals surface area contributed by atoms with Crippen molar-refractivity contribution in [2.24, 2.45) is 0 Å². The van der Waals surface area contributed by atoms with Crippen LogP contribution in [0.25, 0.3) is 0 Å². The van der Waals surface area contributed by atoms with Crippen LogP contribution < -0.4 is 15.4 Å². The van der Waals surface area contributed by atoms with Crippen molar-refractivity contribution < 1.29 is 14.3 Å². The van der Waals surface area contributed by atoms with Gasteiger partial charge in [-0.3, -0.25) is 9.59 Å². The number of nitrogens with one attached hydrogen (secondary N) is 2. The van der Waals surface area contributed by atoms with Crippen LogP contribution in [0.1, 0.15) is 32.8 Å². The average molecular weight is 292 g/mol. The molecule has 0 saturated carbocycles. The Hall–Kier alpha value is -2.04. The standard InChI is InChI=1S/C16H24N2O3/c1-4-21-14-8-6-5-7-13(14)9-10-15(19)17-11-16(20)18-12(2)3/h5-8,12H,4,9-11H2,1-3H3,(H,17,19)(H,18,20). The second-order valence-electron chi connectivity index (χ2n) is 5.04. The molecule has 0 bridgehead atoms. The van der Waals surface area contributed by atoms with Crippen LogP contribution in [0.15, 0.2) is 24.3 Å². The lowest BCUT2D eigenvalue weighted by Gasteiger charge is -2.11. The van der Waals surface area contributed by atoms with E-state index in [9.17, 15) is 9.59 Å². The number of ether oxygens (including phenoxy) is 1. The molecular weight excluding hydrogens is 268 g/mol. The van der Waals surface area contributed by atoms with Gasteiger partial charge in [0.2, 0.25) is 11.8 Å². The molecule has 0 spiro atoms. The maximum Gasteiger partial charge on any atom is 0.239 e. The molecule has 1 aromatic carbocycles. The Morgan fingerprint density at radius 3 is 2.57 bits per heavy atom. The van der Waals surface area contributed by atoms with Crippen molar-refractivity contribution in [2.45, 2.75) is 39.7 Å². The number of benzene rings is 1. The van der Waals surface area contributed by atoms with Crippen LogP contribution in [-0.2, 0) is 16.0 Å². The van der Waals surface area contributed by atoms with Gasteiger partial charge in [0.1, 0.15) is 5.75 Å². The van der Waals surface area contributed by atoms with Crippen molar-refractivity contribution in [1.29, 1.82) is 0 Å². The Balaban J connectivity index is 2.38. The molecule has 0 saturated heterocycles. The molecule has 0 unspecified atom stereocenters. The molecule has 5 heteroatoms. The van der Waals surface area contributed by atoms with Gasteiger partial charge >= 0.3 is 0 Å². The summed E-state index contributed by atoms with van der Waals surface area (Å²) in [6.45, 7) is 6.30. The minimum atomic E-state index is -0.173. The first-order valence-electron chi connectivity index (χ1n) is 7.29. The smallest absolute Gasteiger partial charge is 0.239 e. The van der Waals surface area contributed by atoms with Crippen LogP contribution in [0.5, 0.6) is 5.75 Å². The van der Waals surface area contributed by atoms with Gasteiger partial charge in [0.05, 0.1) is 13.2 Å². The maximum absolute atomic E-state index is 11.7. The van der Waals surface area contributed by atoms with E-state index in [0.717, 1.165) is 11.3 Å². The van der Waals surface area contributed by atoms with E-state index in [1.54, 1.807) is 0 Å². The van der Waals surface area contributed by atoms with Crippen LogP contribution in [0.3, 0.4) is 0 Å². The predicted octanol–water partition coefficient (Wildman–Crippen LogP) is 1.66. The molecule has 1 aromatic rings. The largest absolute Gasteiger partial charge is 0.494 e. The summed E-state index contributed by atoms with van der Waals surface area (Å²) in [6.07, 6.45) is 0.923. The summed E-state index contributed by atoms with van der Waals surface area (Å²) in [7, 11) is 0. The summed E-state index contributed by atoms with van der Waals surface area (Å²) >= 11 is 0. The van der Waals surface area contributed by atoms with Gasteiger partial charge in [0, 0.05) is 12.5 Å². The lowest BCUT2D eigenvalue weighted by Crippen LogP contribution is -2.39. The van der Waals surface area contributed by atoms with Crippen molar-refractivity contribution in [1.82, 2.24) is 10.6 Å². The number of aryl methyl sites for hydroxylation is 1. The fourth-order valence-electron chi connectivity index (χ4n) is 1.90. The fourth-order valence-corrected chi connectivity index (χ4v) is 1.90. The van der Waals surface area contributed by atoms with Gasteiger partial charge in [-0.2, -0.15) is 0 Å². The topological polar surface area (TPSA) is 67.4 Å². The molecule has 0 atom stereocenters. The third-order valence-corrected chi connectivity index (χ3v) is 2.79. The number of carbonyl (C=O) groups is 2. The molecule has 2 N–H and O–H groups in total. The van der Waals surface area contributed by atoms with Gasteiger partial charge in [-0.25, -0.2) is 0 Å². The zero-order valence-electron chi connectivity index (χ0n) is 12.9. The van der Waals surface area contributed by atoms with Crippen molar-refractivity contribution in [2.75, 3.05) is 13.2 Å². The maximum atomic E-state index is 11.7. The molecule has 2 amide bonds. The van der Waals surface area contributed by atoms with Gasteiger partial charge in [0.25, 0.3) is 0 Å². The Labute approximate surface area is 126 Å². The molecule has 0 aromatic heterocycles. The van der Waals surface area contributed by atoms with E-state index in [1.807, 2.05) is 45.0 Å². The van der Waals surface area contributed by atoms with Crippen LogP contribution >= 0.6 is 0 Å². The number of hydrogen-bond donors (Lipinski definition) is 2. The highest BCUT2D eigenvalue weighted by Gasteiger charge is 2.08. The van der Waals surface area contributed by atoms with E-state index in [4.69, 9.17) is 4.74 Å². The highest BCUT2D eigenvalue weighted by atomic mass is 16.5. The Kier molecular flexibility index (Phi) is 7.29. The molecule has 1 rings (SSSR count). The van der Waals surface area contributed by atoms with Gasteiger partial charge < -0.3 is 15.4 Å².